The molecule has 0 spiro atoms. The van der Waals surface area contributed by atoms with E-state index in [4.69, 9.17) is 16.9 Å². The first-order valence-corrected chi connectivity index (χ1v) is 36.5. The summed E-state index contributed by atoms with van der Waals surface area (Å²) in [4.78, 5) is 0. The molecule has 0 heterocycles. The third-order valence-corrected chi connectivity index (χ3v) is 30.4. The van der Waals surface area contributed by atoms with Gasteiger partial charge in [0.15, 0.2) is 0 Å². The van der Waals surface area contributed by atoms with E-state index in [1.165, 1.54) is 86.9 Å². The zero-order chi connectivity index (χ0) is 38.7. The van der Waals surface area contributed by atoms with Gasteiger partial charge in [-0.25, -0.2) is 0 Å². The molecule has 6 unspecified atom stereocenters. The van der Waals surface area contributed by atoms with Crippen LogP contribution in [0.3, 0.4) is 0 Å². The number of hydrogen-bond donors (Lipinski definition) is 0. The minimum atomic E-state index is -3.34. The predicted molar refractivity (Wildman–Crippen MR) is 237 cm³/mol. The van der Waals surface area contributed by atoms with Crippen LogP contribution in [0.2, 0.25) is 0 Å². The Bertz CT molecular complexity index is 1250. The van der Waals surface area contributed by atoms with Gasteiger partial charge in [0.05, 0.1) is 0 Å². The van der Waals surface area contributed by atoms with Crippen LogP contribution in [0.5, 0.6) is 0 Å². The van der Waals surface area contributed by atoms with Crippen LogP contribution in [0.1, 0.15) is 154 Å². The topological polar surface area (TPSA) is 55.4 Å². The Kier molecular flexibility index (Phi) is 20.5. The number of benzene rings is 1. The maximum atomic E-state index is 7.33. The fourth-order valence-electron chi connectivity index (χ4n) is 8.31. The van der Waals surface area contributed by atoms with Crippen molar-refractivity contribution in [2.45, 2.75) is 191 Å². The molecule has 0 N–H and O–H groups in total. The van der Waals surface area contributed by atoms with E-state index in [-0.39, 0.29) is 36.6 Å². The molecule has 0 radical (unpaired) electrons. The van der Waals surface area contributed by atoms with E-state index in [0.29, 0.717) is 0 Å². The standard InChI is InChI=1S/6C7H11O.C6H3.3Bi/c6*8-7-5-3-1-2-4-6-7;1-2-4-6-5-3-1;;;/h6*3,5,7H,1-2,4,6H2;1,4-5H;;;/q6*-1;;3*+2. The second kappa shape index (κ2) is 25.9. The molecule has 6 atom stereocenters. The third kappa shape index (κ3) is 15.7. The van der Waals surface area contributed by atoms with Crippen LogP contribution >= 0.6 is 0 Å². The van der Waals surface area contributed by atoms with Crippen molar-refractivity contribution in [1.82, 2.24) is 0 Å². The Morgan fingerprint density at radius 3 is 0.667 bits per heavy atom. The van der Waals surface area contributed by atoms with Gasteiger partial charge in [0.1, 0.15) is 0 Å². The molecule has 1 aromatic carbocycles. The summed E-state index contributed by atoms with van der Waals surface area (Å²) >= 11 is -10.0. The molecule has 0 saturated heterocycles. The Morgan fingerprint density at radius 1 is 0.281 bits per heavy atom. The van der Waals surface area contributed by atoms with E-state index in [9.17, 15) is 0 Å². The molecule has 1 aromatic rings. The summed E-state index contributed by atoms with van der Waals surface area (Å²) < 4.78 is 47.8. The van der Waals surface area contributed by atoms with Gasteiger partial charge in [-0.2, -0.15) is 0 Å². The van der Waals surface area contributed by atoms with Gasteiger partial charge in [0.25, 0.3) is 0 Å². The van der Waals surface area contributed by atoms with Crippen molar-refractivity contribution < 1.29 is 16.9 Å². The molecule has 0 amide bonds. The van der Waals surface area contributed by atoms with Gasteiger partial charge in [-0.1, -0.05) is 0 Å². The summed E-state index contributed by atoms with van der Waals surface area (Å²) in [6.07, 6.45) is 56.4. The van der Waals surface area contributed by atoms with Gasteiger partial charge in [-0.15, -0.1) is 0 Å². The van der Waals surface area contributed by atoms with Gasteiger partial charge >= 0.3 is 376 Å². The quantitative estimate of drug-likeness (QED) is 0.129. The number of allylic oxidation sites excluding steroid dienone is 6. The zero-order valence-electron chi connectivity index (χ0n) is 34.4. The molecular formula is C48H69Bi3O6. The Hall–Kier alpha value is 0.0694. The van der Waals surface area contributed by atoms with Crippen LogP contribution in [0, 0.1) is 0 Å². The molecule has 0 fully saturated rings. The van der Waals surface area contributed by atoms with Gasteiger partial charge in [-0.3, -0.25) is 0 Å². The van der Waals surface area contributed by atoms with Crippen molar-refractivity contribution in [1.29, 1.82) is 0 Å². The summed E-state index contributed by atoms with van der Waals surface area (Å²) in [6.45, 7) is 0. The Balaban J connectivity index is 1.31. The van der Waals surface area contributed by atoms with Crippen molar-refractivity contribution in [2.24, 2.45) is 0 Å². The molecule has 57 heavy (non-hydrogen) atoms. The van der Waals surface area contributed by atoms with Gasteiger partial charge in [0, 0.05) is 0 Å². The first-order valence-electron chi connectivity index (χ1n) is 22.8. The second-order valence-electron chi connectivity index (χ2n) is 16.6. The molecule has 9 heteroatoms. The molecule has 6 aliphatic rings. The van der Waals surface area contributed by atoms with E-state index in [0.717, 1.165) is 77.0 Å². The van der Waals surface area contributed by atoms with Gasteiger partial charge < -0.3 is 0 Å². The van der Waals surface area contributed by atoms with Crippen molar-refractivity contribution >= 4 is 77.7 Å². The number of hydrogen-bond acceptors (Lipinski definition) is 6. The monoisotopic (exact) mass is 1370 g/mol. The van der Waals surface area contributed by atoms with E-state index < -0.39 is 67.9 Å². The molecule has 6 aliphatic carbocycles. The maximum absolute atomic E-state index is 7.33. The van der Waals surface area contributed by atoms with Crippen LogP contribution < -0.4 is 9.81 Å². The van der Waals surface area contributed by atoms with Gasteiger partial charge in [0.2, 0.25) is 0 Å². The molecule has 0 aliphatic heterocycles. The van der Waals surface area contributed by atoms with E-state index in [1.54, 1.807) is 0 Å². The zero-order valence-corrected chi connectivity index (χ0v) is 44.8. The first kappa shape index (κ1) is 45.1. The summed E-state index contributed by atoms with van der Waals surface area (Å²) in [7, 11) is 0. The van der Waals surface area contributed by atoms with Crippen molar-refractivity contribution in [3.63, 3.8) is 0 Å². The van der Waals surface area contributed by atoms with Crippen LogP contribution in [0.15, 0.2) is 91.1 Å². The first-order chi connectivity index (χ1) is 28.2. The van der Waals surface area contributed by atoms with Crippen LogP contribution in [-0.4, -0.2) is 105 Å². The fraction of sp³-hybridized carbons (Fsp3) is 0.625. The summed E-state index contributed by atoms with van der Waals surface area (Å²) in [5.74, 6) is 0. The molecule has 0 saturated carbocycles. The molecule has 7 rings (SSSR count). The van der Waals surface area contributed by atoms with E-state index in [2.05, 4.69) is 91.1 Å². The van der Waals surface area contributed by atoms with Gasteiger partial charge in [-0.05, 0) is 0 Å². The van der Waals surface area contributed by atoms with Crippen molar-refractivity contribution in [2.75, 3.05) is 0 Å². The van der Waals surface area contributed by atoms with Crippen LogP contribution in [0.25, 0.3) is 0 Å². The average Bonchev–Trinajstić information content (AvgIpc) is 3.94. The fourth-order valence-corrected chi connectivity index (χ4v) is 32.3. The second-order valence-corrected chi connectivity index (χ2v) is 33.6. The van der Waals surface area contributed by atoms with E-state index >= 15 is 0 Å². The normalized spacial score (nSPS) is 28.9. The van der Waals surface area contributed by atoms with Crippen LogP contribution in [0.4, 0.5) is 0 Å². The van der Waals surface area contributed by atoms with Crippen molar-refractivity contribution in [3.8, 4) is 0 Å². The summed E-state index contributed by atoms with van der Waals surface area (Å²) in [6, 6.07) is 7.38. The molecule has 0 aromatic heterocycles. The summed E-state index contributed by atoms with van der Waals surface area (Å²) in [5.41, 5.74) is 0. The van der Waals surface area contributed by atoms with Crippen LogP contribution in [-0.2, 0) is 16.9 Å². The van der Waals surface area contributed by atoms with Crippen molar-refractivity contribution in [3.05, 3.63) is 91.1 Å². The minimum absolute atomic E-state index is 0.101. The molecule has 0 bridgehead atoms. The summed E-state index contributed by atoms with van der Waals surface area (Å²) in [5, 5.41) is 0. The Morgan fingerprint density at radius 2 is 0.474 bits per heavy atom. The van der Waals surface area contributed by atoms with E-state index in [1.807, 2.05) is 0 Å². The molecule has 312 valence electrons. The average molecular weight is 1370 g/mol. The third-order valence-electron chi connectivity index (χ3n) is 11.7. The molecular weight excluding hydrogens is 1300 g/mol. The Labute approximate surface area is 372 Å². The number of rotatable bonds is 15. The predicted octanol–water partition coefficient (Wildman–Crippen LogP) is 9.86. The molecule has 6 nitrogen and oxygen atoms in total. The SMILES string of the molecule is C1=CC([O][Bi]([O]C2C=CCCCC2)[c]2c[c]([Bi]([O]C3C=CCCCC3)[O]C3C=CCCCC3)c[c]([Bi]([O]C3C=CCCCC3)[O]C3C=CCCCC3)c2)CCCC1.